The zero-order valence-corrected chi connectivity index (χ0v) is 19.1. The van der Waals surface area contributed by atoms with E-state index < -0.39 is 0 Å². The summed E-state index contributed by atoms with van der Waals surface area (Å²) in [5, 5.41) is 8.05. The van der Waals surface area contributed by atoms with Crippen LogP contribution in [0.25, 0.3) is 0 Å². The second kappa shape index (κ2) is 10.1. The minimum Gasteiger partial charge on any atom is -0.356 e. The number of aromatic nitrogens is 4. The Hall–Kier alpha value is -1.58. The summed E-state index contributed by atoms with van der Waals surface area (Å²) < 4.78 is 4.31. The number of halogens is 1. The summed E-state index contributed by atoms with van der Waals surface area (Å²) in [6.07, 6.45) is 8.04. The molecule has 1 fully saturated rings. The maximum Gasteiger partial charge on any atom is 0.193 e. The number of aryl methyl sites for hydroxylation is 3. The van der Waals surface area contributed by atoms with Crippen molar-refractivity contribution in [3.63, 3.8) is 0 Å². The number of likely N-dealkylation sites (tertiary alicyclic amines) is 1. The van der Waals surface area contributed by atoms with Crippen LogP contribution in [0.3, 0.4) is 0 Å². The predicted molar refractivity (Wildman–Crippen MR) is 120 cm³/mol. The first-order valence-electron chi connectivity index (χ1n) is 9.52. The number of aliphatic imine (C=N–C) groups is 1. The average Bonchev–Trinajstić information content (AvgIpc) is 3.26. The van der Waals surface area contributed by atoms with Crippen molar-refractivity contribution in [2.45, 2.75) is 46.2 Å². The van der Waals surface area contributed by atoms with Gasteiger partial charge in [-0.05, 0) is 38.7 Å². The van der Waals surface area contributed by atoms with Crippen molar-refractivity contribution in [1.29, 1.82) is 0 Å². The van der Waals surface area contributed by atoms with Gasteiger partial charge in [-0.1, -0.05) is 6.92 Å². The molecule has 1 aliphatic rings. The molecule has 3 rings (SSSR count). The van der Waals surface area contributed by atoms with Crippen molar-refractivity contribution >= 4 is 29.9 Å². The zero-order chi connectivity index (χ0) is 18.5. The molecule has 1 aliphatic heterocycles. The molecule has 0 saturated carbocycles. The molecule has 0 aliphatic carbocycles. The Morgan fingerprint density at radius 2 is 2.19 bits per heavy atom. The van der Waals surface area contributed by atoms with Gasteiger partial charge in [-0.25, -0.2) is 4.98 Å². The largest absolute Gasteiger partial charge is 0.356 e. The van der Waals surface area contributed by atoms with Crippen LogP contribution in [-0.4, -0.2) is 56.9 Å². The fraction of sp³-hybridized carbons (Fsp3) is 0.632. The minimum atomic E-state index is 0. The van der Waals surface area contributed by atoms with Gasteiger partial charge in [-0.15, -0.1) is 24.0 Å². The van der Waals surface area contributed by atoms with Crippen LogP contribution in [0.4, 0.5) is 0 Å². The van der Waals surface area contributed by atoms with Gasteiger partial charge >= 0.3 is 0 Å². The highest BCUT2D eigenvalue weighted by molar-refractivity contribution is 14.0. The van der Waals surface area contributed by atoms with Gasteiger partial charge in [-0.2, -0.15) is 5.10 Å². The lowest BCUT2D eigenvalue weighted by Crippen LogP contribution is -2.49. The summed E-state index contributed by atoms with van der Waals surface area (Å²) in [7, 11) is 1.87. The van der Waals surface area contributed by atoms with E-state index in [0.29, 0.717) is 12.0 Å². The van der Waals surface area contributed by atoms with Crippen LogP contribution in [0.1, 0.15) is 37.2 Å². The Morgan fingerprint density at radius 1 is 1.37 bits per heavy atom. The number of nitrogens with one attached hydrogen (secondary N) is 1. The van der Waals surface area contributed by atoms with Gasteiger partial charge in [0.05, 0.1) is 18.1 Å². The lowest BCUT2D eigenvalue weighted by Gasteiger charge is -2.39. The lowest BCUT2D eigenvalue weighted by atomic mass is 9.93. The Bertz CT molecular complexity index is 723. The van der Waals surface area contributed by atoms with E-state index in [9.17, 15) is 0 Å². The predicted octanol–water partition coefficient (Wildman–Crippen LogP) is 2.86. The third-order valence-electron chi connectivity index (χ3n) is 5.27. The lowest BCUT2D eigenvalue weighted by molar-refractivity contribution is 0.189. The molecule has 0 radical (unpaired) electrons. The Balaban J connectivity index is 0.00000261. The maximum absolute atomic E-state index is 4.52. The summed E-state index contributed by atoms with van der Waals surface area (Å²) in [6.45, 7) is 10.3. The van der Waals surface area contributed by atoms with E-state index in [1.807, 2.05) is 26.5 Å². The van der Waals surface area contributed by atoms with E-state index in [0.717, 1.165) is 50.7 Å². The first-order chi connectivity index (χ1) is 12.6. The number of imidazole rings is 1. The molecule has 7 nitrogen and oxygen atoms in total. The number of nitrogens with zero attached hydrogens (tertiary/aromatic N) is 6. The third kappa shape index (κ3) is 5.46. The fourth-order valence-corrected chi connectivity index (χ4v) is 3.76. The molecule has 0 amide bonds. The summed E-state index contributed by atoms with van der Waals surface area (Å²) in [6, 6.07) is 2.57. The second-order valence-electron chi connectivity index (χ2n) is 7.27. The summed E-state index contributed by atoms with van der Waals surface area (Å²) in [4.78, 5) is 11.1. The van der Waals surface area contributed by atoms with E-state index in [-0.39, 0.29) is 24.0 Å². The van der Waals surface area contributed by atoms with Crippen LogP contribution < -0.4 is 5.32 Å². The Labute approximate surface area is 179 Å². The van der Waals surface area contributed by atoms with Crippen molar-refractivity contribution in [2.24, 2.45) is 10.9 Å². The number of hydrogen-bond acceptors (Lipinski definition) is 3. The van der Waals surface area contributed by atoms with Crippen LogP contribution in [0, 0.1) is 19.8 Å². The van der Waals surface area contributed by atoms with Gasteiger partial charge in [0.15, 0.2) is 5.96 Å². The van der Waals surface area contributed by atoms with Crippen molar-refractivity contribution in [1.82, 2.24) is 29.5 Å². The van der Waals surface area contributed by atoms with Crippen LogP contribution in [0.2, 0.25) is 0 Å². The molecule has 0 bridgehead atoms. The van der Waals surface area contributed by atoms with Crippen LogP contribution >= 0.6 is 24.0 Å². The smallest absolute Gasteiger partial charge is 0.193 e. The molecular formula is C19H32IN7. The Morgan fingerprint density at radius 3 is 2.81 bits per heavy atom. The minimum absolute atomic E-state index is 0. The number of guanidine groups is 1. The van der Waals surface area contributed by atoms with Crippen LogP contribution in [0.15, 0.2) is 29.8 Å². The molecule has 2 aromatic rings. The topological polar surface area (TPSA) is 63.3 Å². The van der Waals surface area contributed by atoms with Gasteiger partial charge in [-0.3, -0.25) is 9.67 Å². The third-order valence-corrected chi connectivity index (χ3v) is 5.27. The molecule has 3 heterocycles. The molecule has 27 heavy (non-hydrogen) atoms. The van der Waals surface area contributed by atoms with E-state index in [1.54, 1.807) is 0 Å². The molecule has 150 valence electrons. The molecule has 2 atom stereocenters. The SMILES string of the molecule is CN=C(NCCCn1nc(C)cc1C)N1CCC(C)C(n2ccnc2)C1.I. The number of rotatable bonds is 5. The molecule has 1 N–H and O–H groups in total. The zero-order valence-electron chi connectivity index (χ0n) is 16.8. The van der Waals surface area contributed by atoms with Gasteiger partial charge in [0.2, 0.25) is 0 Å². The number of piperidine rings is 1. The van der Waals surface area contributed by atoms with Crippen molar-refractivity contribution in [3.8, 4) is 0 Å². The van der Waals surface area contributed by atoms with E-state index in [2.05, 4.69) is 60.7 Å². The first-order valence-corrected chi connectivity index (χ1v) is 9.52. The molecular weight excluding hydrogens is 453 g/mol. The fourth-order valence-electron chi connectivity index (χ4n) is 3.76. The number of hydrogen-bond donors (Lipinski definition) is 1. The molecule has 2 aromatic heterocycles. The summed E-state index contributed by atoms with van der Waals surface area (Å²) in [5.74, 6) is 1.64. The molecule has 0 spiro atoms. The first kappa shape index (κ1) is 21.7. The molecule has 8 heteroatoms. The second-order valence-corrected chi connectivity index (χ2v) is 7.27. The van der Waals surface area contributed by atoms with Gasteiger partial charge in [0.25, 0.3) is 0 Å². The monoisotopic (exact) mass is 485 g/mol. The van der Waals surface area contributed by atoms with E-state index >= 15 is 0 Å². The standard InChI is InChI=1S/C19H31N7.HI/c1-15-6-10-24(13-18(15)25-11-8-21-14-25)19(20-4)22-7-5-9-26-17(3)12-16(2)23-26;/h8,11-12,14-15,18H,5-7,9-10,13H2,1-4H3,(H,20,22);1H. The van der Waals surface area contributed by atoms with Gasteiger partial charge < -0.3 is 14.8 Å². The van der Waals surface area contributed by atoms with Gasteiger partial charge in [0.1, 0.15) is 0 Å². The normalized spacial score (nSPS) is 20.4. The van der Waals surface area contributed by atoms with E-state index in [1.165, 1.54) is 5.69 Å². The molecule has 0 aromatic carbocycles. The van der Waals surface area contributed by atoms with Crippen molar-refractivity contribution in [3.05, 3.63) is 36.2 Å². The summed E-state index contributed by atoms with van der Waals surface area (Å²) in [5.41, 5.74) is 2.30. The quantitative estimate of drug-likeness (QED) is 0.306. The molecule has 1 saturated heterocycles. The Kier molecular flexibility index (Phi) is 8.12. The van der Waals surface area contributed by atoms with E-state index in [4.69, 9.17) is 0 Å². The van der Waals surface area contributed by atoms with Crippen molar-refractivity contribution in [2.75, 3.05) is 26.7 Å². The highest BCUT2D eigenvalue weighted by Crippen LogP contribution is 2.27. The highest BCUT2D eigenvalue weighted by Gasteiger charge is 2.28. The van der Waals surface area contributed by atoms with Crippen molar-refractivity contribution < 1.29 is 0 Å². The molecule has 2 unspecified atom stereocenters. The highest BCUT2D eigenvalue weighted by atomic mass is 127. The van der Waals surface area contributed by atoms with Crippen LogP contribution in [-0.2, 0) is 6.54 Å². The van der Waals surface area contributed by atoms with Gasteiger partial charge in [0, 0.05) is 51.3 Å². The van der Waals surface area contributed by atoms with Crippen LogP contribution in [0.5, 0.6) is 0 Å². The summed E-state index contributed by atoms with van der Waals surface area (Å²) >= 11 is 0. The maximum atomic E-state index is 4.52. The average molecular weight is 485 g/mol.